The maximum absolute atomic E-state index is 12.9. The van der Waals surface area contributed by atoms with Crippen molar-refractivity contribution < 1.29 is 22.9 Å². The molecule has 4 atom stereocenters. The Kier molecular flexibility index (Phi) is 5.74. The SMILES string of the molecule is Cc1cccc2c1OP(=O)(OCC1OC(n3cc(C)c(=O)[nH]c3=O)CC1N=[N+]=[N-])OC2. The maximum Gasteiger partial charge on any atom is 0.530 e. The lowest BCUT2D eigenvalue weighted by Gasteiger charge is -2.27. The molecule has 0 spiro atoms. The van der Waals surface area contributed by atoms with E-state index in [9.17, 15) is 14.2 Å². The Morgan fingerprint density at radius 3 is 2.94 bits per heavy atom. The summed E-state index contributed by atoms with van der Waals surface area (Å²) >= 11 is 0. The number of ether oxygens (including phenoxy) is 1. The average molecular weight is 449 g/mol. The van der Waals surface area contributed by atoms with Gasteiger partial charge in [-0.25, -0.2) is 9.36 Å². The fourth-order valence-electron chi connectivity index (χ4n) is 3.50. The average Bonchev–Trinajstić information content (AvgIpc) is 3.13. The predicted octanol–water partition coefficient (Wildman–Crippen LogP) is 2.85. The molecule has 0 bridgehead atoms. The van der Waals surface area contributed by atoms with Gasteiger partial charge in [-0.1, -0.05) is 23.3 Å². The molecule has 4 unspecified atom stereocenters. The van der Waals surface area contributed by atoms with Gasteiger partial charge in [0.15, 0.2) is 0 Å². The Morgan fingerprint density at radius 2 is 2.16 bits per heavy atom. The topological polar surface area (TPSA) is 158 Å². The fourth-order valence-corrected chi connectivity index (χ4v) is 4.79. The highest BCUT2D eigenvalue weighted by Gasteiger charge is 2.41. The van der Waals surface area contributed by atoms with E-state index in [-0.39, 0.29) is 19.6 Å². The number of hydrogen-bond acceptors (Lipinski definition) is 8. The number of nitrogens with zero attached hydrogens (tertiary/aromatic N) is 4. The molecule has 0 saturated carbocycles. The minimum absolute atomic E-state index is 0.0638. The molecule has 0 amide bonds. The van der Waals surface area contributed by atoms with Crippen LogP contribution in [0.1, 0.15) is 29.3 Å². The number of phosphoric ester groups is 1. The van der Waals surface area contributed by atoms with E-state index < -0.39 is 37.4 Å². The molecule has 4 rings (SSSR count). The van der Waals surface area contributed by atoms with Gasteiger partial charge in [0.2, 0.25) is 0 Å². The summed E-state index contributed by atoms with van der Waals surface area (Å²) in [4.78, 5) is 28.8. The van der Waals surface area contributed by atoms with Crippen molar-refractivity contribution in [1.82, 2.24) is 9.55 Å². The van der Waals surface area contributed by atoms with E-state index >= 15 is 0 Å². The van der Waals surface area contributed by atoms with E-state index in [2.05, 4.69) is 15.0 Å². The largest absolute Gasteiger partial charge is 0.530 e. The lowest BCUT2D eigenvalue weighted by Crippen LogP contribution is -2.33. The number of benzene rings is 1. The third-order valence-electron chi connectivity index (χ3n) is 5.13. The molecule has 0 radical (unpaired) electrons. The monoisotopic (exact) mass is 449 g/mol. The number of aromatic nitrogens is 2. The van der Waals surface area contributed by atoms with Crippen molar-refractivity contribution in [2.45, 2.75) is 45.2 Å². The van der Waals surface area contributed by atoms with Crippen LogP contribution < -0.4 is 15.8 Å². The summed E-state index contributed by atoms with van der Waals surface area (Å²) in [5.41, 5.74) is 9.61. The molecule has 1 N–H and O–H groups in total. The van der Waals surface area contributed by atoms with Gasteiger partial charge in [0.05, 0.1) is 25.4 Å². The summed E-state index contributed by atoms with van der Waals surface area (Å²) in [5.74, 6) is 0.448. The van der Waals surface area contributed by atoms with Crippen molar-refractivity contribution in [3.63, 3.8) is 0 Å². The van der Waals surface area contributed by atoms with E-state index in [0.29, 0.717) is 11.3 Å². The van der Waals surface area contributed by atoms with Crippen LogP contribution in [0.25, 0.3) is 10.4 Å². The molecular weight excluding hydrogens is 429 g/mol. The van der Waals surface area contributed by atoms with Crippen LogP contribution in [0.4, 0.5) is 0 Å². The van der Waals surface area contributed by atoms with E-state index in [1.807, 2.05) is 19.1 Å². The molecule has 164 valence electrons. The van der Waals surface area contributed by atoms with Crippen molar-refractivity contribution in [1.29, 1.82) is 0 Å². The molecule has 1 fully saturated rings. The maximum atomic E-state index is 12.9. The van der Waals surface area contributed by atoms with Gasteiger partial charge < -0.3 is 9.26 Å². The van der Waals surface area contributed by atoms with Gasteiger partial charge in [0, 0.05) is 28.7 Å². The van der Waals surface area contributed by atoms with Crippen LogP contribution in [-0.4, -0.2) is 28.3 Å². The first-order chi connectivity index (χ1) is 14.8. The smallest absolute Gasteiger partial charge is 0.403 e. The number of hydrogen-bond donors (Lipinski definition) is 1. The summed E-state index contributed by atoms with van der Waals surface area (Å²) in [6.07, 6.45) is -0.0741. The molecule has 0 aliphatic carbocycles. The normalized spacial score (nSPS) is 27.2. The predicted molar refractivity (Wildman–Crippen MR) is 108 cm³/mol. The Bertz CT molecular complexity index is 1220. The first-order valence-corrected chi connectivity index (χ1v) is 10.9. The van der Waals surface area contributed by atoms with Gasteiger partial charge >= 0.3 is 13.5 Å². The van der Waals surface area contributed by atoms with E-state index in [1.165, 1.54) is 10.8 Å². The minimum Gasteiger partial charge on any atom is -0.403 e. The van der Waals surface area contributed by atoms with Crippen LogP contribution in [0.3, 0.4) is 0 Å². The van der Waals surface area contributed by atoms with Crippen LogP contribution in [0, 0.1) is 13.8 Å². The highest BCUT2D eigenvalue weighted by Crippen LogP contribution is 2.55. The van der Waals surface area contributed by atoms with E-state index in [0.717, 1.165) is 11.1 Å². The number of aromatic amines is 1. The van der Waals surface area contributed by atoms with Crippen molar-refractivity contribution in [3.8, 4) is 5.75 Å². The van der Waals surface area contributed by atoms with Crippen molar-refractivity contribution in [2.75, 3.05) is 6.61 Å². The molecule has 1 aromatic heterocycles. The molecule has 3 heterocycles. The van der Waals surface area contributed by atoms with Gasteiger partial charge in [-0.15, -0.1) is 0 Å². The number of fused-ring (bicyclic) bond motifs is 1. The molecule has 12 nitrogen and oxygen atoms in total. The van der Waals surface area contributed by atoms with Crippen molar-refractivity contribution >= 4 is 7.82 Å². The molecule has 2 aromatic rings. The number of aryl methyl sites for hydroxylation is 2. The molecular formula is C18H20N5O7P. The third kappa shape index (κ3) is 4.30. The Balaban J connectivity index is 1.50. The second-order valence-electron chi connectivity index (χ2n) is 7.29. The van der Waals surface area contributed by atoms with Crippen molar-refractivity contribution in [2.24, 2.45) is 5.11 Å². The number of para-hydroxylation sites is 1. The van der Waals surface area contributed by atoms with Gasteiger partial charge in [-0.05, 0) is 24.9 Å². The number of H-pyrrole nitrogens is 1. The Labute approximate surface area is 176 Å². The summed E-state index contributed by atoms with van der Waals surface area (Å²) in [6, 6.07) is 4.77. The van der Waals surface area contributed by atoms with E-state index in [4.69, 9.17) is 23.8 Å². The summed E-state index contributed by atoms with van der Waals surface area (Å²) in [6.45, 7) is 3.18. The second kappa shape index (κ2) is 8.33. The van der Waals surface area contributed by atoms with Crippen LogP contribution in [-0.2, 0) is 25.0 Å². The zero-order chi connectivity index (χ0) is 22.2. The van der Waals surface area contributed by atoms with Crippen molar-refractivity contribution in [3.05, 3.63) is 72.4 Å². The van der Waals surface area contributed by atoms with Crippen LogP contribution in [0.2, 0.25) is 0 Å². The van der Waals surface area contributed by atoms with Gasteiger partial charge in [-0.3, -0.25) is 23.4 Å². The first kappa shape index (κ1) is 21.4. The number of rotatable bonds is 5. The standard InChI is InChI=1S/C18H20N5O7P/c1-10-4-3-5-12-8-27-31(26,30-16(10)12)28-9-14-13(21-22-19)6-15(29-14)23-7-11(2)17(24)20-18(23)25/h3-5,7,13-15H,6,8-9H2,1-2H3,(H,20,24,25). The lowest BCUT2D eigenvalue weighted by atomic mass is 10.1. The molecule has 13 heteroatoms. The fraction of sp³-hybridized carbons (Fsp3) is 0.444. The third-order valence-corrected chi connectivity index (χ3v) is 6.45. The van der Waals surface area contributed by atoms with Gasteiger partial charge in [-0.2, -0.15) is 0 Å². The van der Waals surface area contributed by atoms with Crippen LogP contribution in [0.15, 0.2) is 39.1 Å². The van der Waals surface area contributed by atoms with Crippen LogP contribution >= 0.6 is 7.82 Å². The molecule has 1 aromatic carbocycles. The number of phosphoric acid groups is 1. The number of nitrogens with one attached hydrogen (secondary N) is 1. The second-order valence-corrected chi connectivity index (χ2v) is 8.88. The zero-order valence-corrected chi connectivity index (χ0v) is 17.7. The lowest BCUT2D eigenvalue weighted by molar-refractivity contribution is -0.0288. The molecule has 2 aliphatic heterocycles. The molecule has 31 heavy (non-hydrogen) atoms. The quantitative estimate of drug-likeness (QED) is 0.318. The Hall–Kier alpha value is -2.88. The minimum atomic E-state index is -3.92. The van der Waals surface area contributed by atoms with Gasteiger partial charge in [0.25, 0.3) is 5.56 Å². The highest BCUT2D eigenvalue weighted by molar-refractivity contribution is 7.49. The number of azide groups is 1. The zero-order valence-electron chi connectivity index (χ0n) is 16.8. The summed E-state index contributed by atoms with van der Waals surface area (Å²) < 4.78 is 36.3. The van der Waals surface area contributed by atoms with E-state index in [1.54, 1.807) is 13.0 Å². The summed E-state index contributed by atoms with van der Waals surface area (Å²) in [5, 5.41) is 3.70. The summed E-state index contributed by atoms with van der Waals surface area (Å²) in [7, 11) is -3.92. The van der Waals surface area contributed by atoms with Crippen LogP contribution in [0.5, 0.6) is 5.75 Å². The molecule has 1 saturated heterocycles. The molecule has 2 aliphatic rings. The first-order valence-electron chi connectivity index (χ1n) is 9.48. The Morgan fingerprint density at radius 1 is 1.35 bits per heavy atom. The highest BCUT2D eigenvalue weighted by atomic mass is 31.2. The van der Waals surface area contributed by atoms with Gasteiger partial charge in [0.1, 0.15) is 12.0 Å².